The molecule has 0 spiro atoms. The molecule has 0 radical (unpaired) electrons. The molecule has 2 heterocycles. The van der Waals surface area contributed by atoms with Crippen molar-refractivity contribution in [3.05, 3.63) is 42.5 Å². The van der Waals surface area contributed by atoms with E-state index in [9.17, 15) is 13.2 Å². The highest BCUT2D eigenvalue weighted by Gasteiger charge is 2.26. The molecule has 1 aliphatic heterocycles. The molecule has 1 fully saturated rings. The van der Waals surface area contributed by atoms with Crippen LogP contribution in [0.3, 0.4) is 0 Å². The van der Waals surface area contributed by atoms with Crippen LogP contribution in [-0.4, -0.2) is 63.6 Å². The Balaban J connectivity index is 1.42. The third kappa shape index (κ3) is 4.96. The normalized spacial score (nSPS) is 15.0. The molecule has 0 unspecified atom stereocenters. The van der Waals surface area contributed by atoms with Gasteiger partial charge in [0.1, 0.15) is 11.5 Å². The molecule has 1 saturated heterocycles. The molecule has 4 rings (SSSR count). The van der Waals surface area contributed by atoms with Crippen LogP contribution < -0.4 is 14.8 Å². The minimum atomic E-state index is -3.60. The Bertz CT molecular complexity index is 1170. The van der Waals surface area contributed by atoms with Crippen LogP contribution in [0.25, 0.3) is 10.2 Å². The van der Waals surface area contributed by atoms with Crippen molar-refractivity contribution in [2.45, 2.75) is 4.90 Å². The van der Waals surface area contributed by atoms with E-state index in [0.717, 1.165) is 0 Å². The standard InChI is InChI=1S/C20H21N3O6S2/c1-27-14-2-4-15(5-3-14)29-13-19(24)22-20-21-17-7-6-16(12-18(17)30-20)31(25,26)23-8-10-28-11-9-23/h2-7,12H,8-11,13H2,1H3,(H,21,22,24). The maximum absolute atomic E-state index is 12.8. The third-order valence-corrected chi connectivity index (χ3v) is 7.47. The predicted octanol–water partition coefficient (Wildman–Crippen LogP) is 2.34. The zero-order valence-corrected chi connectivity index (χ0v) is 18.4. The summed E-state index contributed by atoms with van der Waals surface area (Å²) in [6.45, 7) is 1.25. The molecule has 0 bridgehead atoms. The summed E-state index contributed by atoms with van der Waals surface area (Å²) in [6, 6.07) is 11.7. The van der Waals surface area contributed by atoms with E-state index in [2.05, 4.69) is 10.3 Å². The van der Waals surface area contributed by atoms with Crippen LogP contribution in [0.4, 0.5) is 5.13 Å². The lowest BCUT2D eigenvalue weighted by molar-refractivity contribution is -0.118. The average Bonchev–Trinajstić information content (AvgIpc) is 3.20. The van der Waals surface area contributed by atoms with E-state index < -0.39 is 10.0 Å². The lowest BCUT2D eigenvalue weighted by Gasteiger charge is -2.25. The molecule has 1 aliphatic rings. The lowest BCUT2D eigenvalue weighted by Crippen LogP contribution is -2.40. The van der Waals surface area contributed by atoms with E-state index in [1.165, 1.54) is 21.7 Å². The van der Waals surface area contributed by atoms with Crippen LogP contribution in [0, 0.1) is 0 Å². The number of carbonyl (C=O) groups is 1. The van der Waals surface area contributed by atoms with E-state index in [1.807, 2.05) is 0 Å². The molecule has 31 heavy (non-hydrogen) atoms. The van der Waals surface area contributed by atoms with Gasteiger partial charge in [0.25, 0.3) is 5.91 Å². The minimum Gasteiger partial charge on any atom is -0.497 e. The van der Waals surface area contributed by atoms with Gasteiger partial charge in [-0.25, -0.2) is 13.4 Å². The molecule has 2 aromatic carbocycles. The van der Waals surface area contributed by atoms with Crippen molar-refractivity contribution in [1.82, 2.24) is 9.29 Å². The molecule has 0 aliphatic carbocycles. The Morgan fingerprint density at radius 1 is 1.16 bits per heavy atom. The minimum absolute atomic E-state index is 0.182. The molecule has 164 valence electrons. The quantitative estimate of drug-likeness (QED) is 0.573. The SMILES string of the molecule is COc1ccc(OCC(=O)Nc2nc3ccc(S(=O)(=O)N4CCOCC4)cc3s2)cc1. The van der Waals surface area contributed by atoms with Crippen LogP contribution in [-0.2, 0) is 19.6 Å². The summed E-state index contributed by atoms with van der Waals surface area (Å²) in [4.78, 5) is 16.8. The van der Waals surface area contributed by atoms with Crippen LogP contribution >= 0.6 is 11.3 Å². The number of nitrogens with one attached hydrogen (secondary N) is 1. The Labute approximate surface area is 183 Å². The average molecular weight is 464 g/mol. The molecule has 9 nitrogen and oxygen atoms in total. The van der Waals surface area contributed by atoms with Gasteiger partial charge in [0.15, 0.2) is 11.7 Å². The van der Waals surface area contributed by atoms with Crippen molar-refractivity contribution < 1.29 is 27.4 Å². The summed E-state index contributed by atoms with van der Waals surface area (Å²) in [7, 11) is -2.02. The molecule has 0 atom stereocenters. The van der Waals surface area contributed by atoms with Gasteiger partial charge in [0, 0.05) is 13.1 Å². The van der Waals surface area contributed by atoms with Gasteiger partial charge in [-0.2, -0.15) is 4.31 Å². The predicted molar refractivity (Wildman–Crippen MR) is 116 cm³/mol. The number of fused-ring (bicyclic) bond motifs is 1. The molecule has 3 aromatic rings. The summed E-state index contributed by atoms with van der Waals surface area (Å²) >= 11 is 1.21. The van der Waals surface area contributed by atoms with Gasteiger partial charge in [-0.3, -0.25) is 10.1 Å². The van der Waals surface area contributed by atoms with E-state index in [-0.39, 0.29) is 17.4 Å². The highest BCUT2D eigenvalue weighted by molar-refractivity contribution is 7.89. The number of hydrogen-bond acceptors (Lipinski definition) is 8. The Morgan fingerprint density at radius 2 is 1.87 bits per heavy atom. The van der Waals surface area contributed by atoms with Gasteiger partial charge < -0.3 is 14.2 Å². The maximum atomic E-state index is 12.8. The van der Waals surface area contributed by atoms with Crippen molar-refractivity contribution in [1.29, 1.82) is 0 Å². The fraction of sp³-hybridized carbons (Fsp3) is 0.300. The number of benzene rings is 2. The molecule has 0 saturated carbocycles. The van der Waals surface area contributed by atoms with Gasteiger partial charge in [-0.05, 0) is 42.5 Å². The first kappa shape index (κ1) is 21.5. The Kier molecular flexibility index (Phi) is 6.37. The number of thiazole rings is 1. The highest BCUT2D eigenvalue weighted by atomic mass is 32.2. The number of methoxy groups -OCH3 is 1. The second-order valence-corrected chi connectivity index (χ2v) is 9.65. The molecular formula is C20H21N3O6S2. The molecule has 1 aromatic heterocycles. The van der Waals surface area contributed by atoms with Gasteiger partial charge in [0.05, 0.1) is 35.4 Å². The number of amides is 1. The molecule has 1 amide bonds. The van der Waals surface area contributed by atoms with Crippen molar-refractivity contribution in [3.63, 3.8) is 0 Å². The van der Waals surface area contributed by atoms with E-state index in [0.29, 0.717) is 53.2 Å². The van der Waals surface area contributed by atoms with Gasteiger partial charge in [-0.15, -0.1) is 0 Å². The summed E-state index contributed by atoms with van der Waals surface area (Å²) in [5.41, 5.74) is 0.609. The molecule has 1 N–H and O–H groups in total. The number of anilines is 1. The van der Waals surface area contributed by atoms with Crippen molar-refractivity contribution in [2.75, 3.05) is 45.3 Å². The number of rotatable bonds is 7. The first-order chi connectivity index (χ1) is 15.0. The number of hydrogen-bond donors (Lipinski definition) is 1. The van der Waals surface area contributed by atoms with Gasteiger partial charge >= 0.3 is 0 Å². The fourth-order valence-corrected chi connectivity index (χ4v) is 5.46. The van der Waals surface area contributed by atoms with E-state index in [1.54, 1.807) is 43.5 Å². The van der Waals surface area contributed by atoms with Crippen molar-refractivity contribution in [3.8, 4) is 11.5 Å². The molecular weight excluding hydrogens is 442 g/mol. The van der Waals surface area contributed by atoms with Crippen LogP contribution in [0.1, 0.15) is 0 Å². The Morgan fingerprint density at radius 3 is 2.58 bits per heavy atom. The summed E-state index contributed by atoms with van der Waals surface area (Å²) in [5, 5.41) is 3.06. The largest absolute Gasteiger partial charge is 0.497 e. The van der Waals surface area contributed by atoms with Crippen molar-refractivity contribution >= 4 is 42.6 Å². The number of sulfonamides is 1. The lowest BCUT2D eigenvalue weighted by atomic mass is 10.3. The molecule has 11 heteroatoms. The Hall–Kier alpha value is -2.73. The number of aromatic nitrogens is 1. The number of morpholine rings is 1. The fourth-order valence-electron chi connectivity index (χ4n) is 3.03. The first-order valence-corrected chi connectivity index (χ1v) is 11.8. The van der Waals surface area contributed by atoms with Gasteiger partial charge in [0.2, 0.25) is 10.0 Å². The van der Waals surface area contributed by atoms with E-state index >= 15 is 0 Å². The van der Waals surface area contributed by atoms with Crippen molar-refractivity contribution in [2.24, 2.45) is 0 Å². The zero-order chi connectivity index (χ0) is 21.8. The topological polar surface area (TPSA) is 107 Å². The maximum Gasteiger partial charge on any atom is 0.264 e. The number of carbonyl (C=O) groups excluding carboxylic acids is 1. The number of nitrogens with zero attached hydrogens (tertiary/aromatic N) is 2. The van der Waals surface area contributed by atoms with Crippen LogP contribution in [0.2, 0.25) is 0 Å². The smallest absolute Gasteiger partial charge is 0.264 e. The van der Waals surface area contributed by atoms with Gasteiger partial charge in [-0.1, -0.05) is 11.3 Å². The van der Waals surface area contributed by atoms with E-state index in [4.69, 9.17) is 14.2 Å². The monoisotopic (exact) mass is 463 g/mol. The second kappa shape index (κ2) is 9.18. The second-order valence-electron chi connectivity index (χ2n) is 6.68. The van der Waals surface area contributed by atoms with Crippen LogP contribution in [0.5, 0.6) is 11.5 Å². The zero-order valence-electron chi connectivity index (χ0n) is 16.7. The first-order valence-electron chi connectivity index (χ1n) is 9.51. The summed E-state index contributed by atoms with van der Waals surface area (Å²) < 4.78 is 43.5. The number of ether oxygens (including phenoxy) is 3. The van der Waals surface area contributed by atoms with Crippen LogP contribution in [0.15, 0.2) is 47.4 Å². The highest BCUT2D eigenvalue weighted by Crippen LogP contribution is 2.29. The summed E-state index contributed by atoms with van der Waals surface area (Å²) in [6.07, 6.45) is 0. The summed E-state index contributed by atoms with van der Waals surface area (Å²) in [5.74, 6) is 0.871. The third-order valence-electron chi connectivity index (χ3n) is 4.64.